The fourth-order valence-corrected chi connectivity index (χ4v) is 2.57. The third kappa shape index (κ3) is 4.27. The van der Waals surface area contributed by atoms with Crippen molar-refractivity contribution < 1.29 is 14.1 Å². The highest BCUT2D eigenvalue weighted by Crippen LogP contribution is 2.24. The van der Waals surface area contributed by atoms with Crippen molar-refractivity contribution in [3.8, 4) is 17.1 Å². The topological polar surface area (TPSA) is 77.2 Å². The highest BCUT2D eigenvalue weighted by molar-refractivity contribution is 5.92. The molecule has 0 radical (unpaired) electrons. The summed E-state index contributed by atoms with van der Waals surface area (Å²) in [4.78, 5) is 16.6. The number of hydrogen-bond acceptors (Lipinski definition) is 5. The smallest absolute Gasteiger partial charge is 0.227 e. The van der Waals surface area contributed by atoms with Gasteiger partial charge in [0.25, 0.3) is 0 Å². The number of amides is 1. The average molecular weight is 351 g/mol. The van der Waals surface area contributed by atoms with Crippen LogP contribution in [0.15, 0.2) is 53.1 Å². The summed E-state index contributed by atoms with van der Waals surface area (Å²) in [6, 6.07) is 15.2. The maximum absolute atomic E-state index is 12.2. The van der Waals surface area contributed by atoms with Gasteiger partial charge < -0.3 is 14.6 Å². The van der Waals surface area contributed by atoms with Gasteiger partial charge in [0.1, 0.15) is 5.75 Å². The molecule has 2 aromatic carbocycles. The first kappa shape index (κ1) is 17.7. The summed E-state index contributed by atoms with van der Waals surface area (Å²) in [5.74, 6) is 1.51. The molecule has 0 bridgehead atoms. The van der Waals surface area contributed by atoms with Gasteiger partial charge in [0, 0.05) is 18.4 Å². The molecule has 6 heteroatoms. The Kier molecular flexibility index (Phi) is 5.63. The Morgan fingerprint density at radius 2 is 1.92 bits per heavy atom. The number of para-hydroxylation sites is 2. The van der Waals surface area contributed by atoms with Crippen molar-refractivity contribution in [1.29, 1.82) is 0 Å². The fraction of sp³-hybridized carbons (Fsp3) is 0.250. The van der Waals surface area contributed by atoms with Gasteiger partial charge in [0.2, 0.25) is 17.6 Å². The largest absolute Gasteiger partial charge is 0.492 e. The predicted octanol–water partition coefficient (Wildman–Crippen LogP) is 4.02. The lowest BCUT2D eigenvalue weighted by molar-refractivity contribution is -0.116. The zero-order valence-electron chi connectivity index (χ0n) is 14.9. The van der Waals surface area contributed by atoms with Crippen LogP contribution in [-0.4, -0.2) is 22.7 Å². The van der Waals surface area contributed by atoms with Crippen LogP contribution < -0.4 is 10.1 Å². The van der Waals surface area contributed by atoms with Crippen molar-refractivity contribution in [1.82, 2.24) is 10.1 Å². The van der Waals surface area contributed by atoms with E-state index in [0.29, 0.717) is 36.2 Å². The summed E-state index contributed by atoms with van der Waals surface area (Å²) in [6.45, 7) is 4.44. The first-order chi connectivity index (χ1) is 12.7. The van der Waals surface area contributed by atoms with Gasteiger partial charge in [0.15, 0.2) is 0 Å². The minimum atomic E-state index is -0.132. The lowest BCUT2D eigenvalue weighted by Gasteiger charge is -2.10. The molecule has 0 fully saturated rings. The highest BCUT2D eigenvalue weighted by Gasteiger charge is 2.13. The lowest BCUT2D eigenvalue weighted by atomic mass is 10.1. The SMILES string of the molecule is CCOc1ccccc1NC(=O)CCc1nc(-c2ccccc2C)no1. The van der Waals surface area contributed by atoms with Crippen molar-refractivity contribution in [2.45, 2.75) is 26.7 Å². The Morgan fingerprint density at radius 3 is 2.73 bits per heavy atom. The number of anilines is 1. The van der Waals surface area contributed by atoms with E-state index in [0.717, 1.165) is 11.1 Å². The van der Waals surface area contributed by atoms with Gasteiger partial charge in [-0.2, -0.15) is 4.98 Å². The summed E-state index contributed by atoms with van der Waals surface area (Å²) >= 11 is 0. The van der Waals surface area contributed by atoms with Gasteiger partial charge >= 0.3 is 0 Å². The Hall–Kier alpha value is -3.15. The molecular formula is C20H21N3O3. The van der Waals surface area contributed by atoms with Gasteiger partial charge in [-0.1, -0.05) is 41.6 Å². The summed E-state index contributed by atoms with van der Waals surface area (Å²) in [5, 5.41) is 6.87. The number of carbonyl (C=O) groups is 1. The van der Waals surface area contributed by atoms with Crippen LogP contribution in [0.1, 0.15) is 24.8 Å². The Bertz CT molecular complexity index is 889. The number of ether oxygens (including phenoxy) is 1. The molecule has 0 atom stereocenters. The summed E-state index contributed by atoms with van der Waals surface area (Å²) in [6.07, 6.45) is 0.622. The molecule has 1 aromatic heterocycles. The van der Waals surface area contributed by atoms with E-state index in [1.165, 1.54) is 0 Å². The molecule has 0 spiro atoms. The van der Waals surface area contributed by atoms with Crippen molar-refractivity contribution in [3.63, 3.8) is 0 Å². The molecule has 0 saturated carbocycles. The number of aromatic nitrogens is 2. The number of rotatable bonds is 7. The predicted molar refractivity (Wildman–Crippen MR) is 99.0 cm³/mol. The fourth-order valence-electron chi connectivity index (χ4n) is 2.57. The molecule has 0 saturated heterocycles. The van der Waals surface area contributed by atoms with Crippen LogP contribution in [0.25, 0.3) is 11.4 Å². The van der Waals surface area contributed by atoms with Crippen LogP contribution >= 0.6 is 0 Å². The summed E-state index contributed by atoms with van der Waals surface area (Å²) in [7, 11) is 0. The number of aryl methyl sites for hydroxylation is 2. The number of nitrogens with one attached hydrogen (secondary N) is 1. The highest BCUT2D eigenvalue weighted by atomic mass is 16.5. The van der Waals surface area contributed by atoms with E-state index in [9.17, 15) is 4.79 Å². The third-order valence-electron chi connectivity index (χ3n) is 3.88. The van der Waals surface area contributed by atoms with Gasteiger partial charge in [-0.15, -0.1) is 0 Å². The zero-order chi connectivity index (χ0) is 18.4. The second-order valence-corrected chi connectivity index (χ2v) is 5.80. The van der Waals surface area contributed by atoms with Crippen molar-refractivity contribution in [2.75, 3.05) is 11.9 Å². The molecule has 26 heavy (non-hydrogen) atoms. The van der Waals surface area contributed by atoms with E-state index in [-0.39, 0.29) is 12.3 Å². The van der Waals surface area contributed by atoms with Crippen molar-refractivity contribution >= 4 is 11.6 Å². The average Bonchev–Trinajstić information content (AvgIpc) is 3.11. The van der Waals surface area contributed by atoms with Gasteiger partial charge in [0.05, 0.1) is 12.3 Å². The van der Waals surface area contributed by atoms with Crippen LogP contribution in [-0.2, 0) is 11.2 Å². The van der Waals surface area contributed by atoms with Gasteiger partial charge in [-0.05, 0) is 31.5 Å². The van der Waals surface area contributed by atoms with E-state index in [2.05, 4.69) is 15.5 Å². The lowest BCUT2D eigenvalue weighted by Crippen LogP contribution is -2.13. The van der Waals surface area contributed by atoms with Crippen LogP contribution in [0, 0.1) is 6.92 Å². The Balaban J connectivity index is 1.60. The van der Waals surface area contributed by atoms with Crippen LogP contribution in [0.2, 0.25) is 0 Å². The molecular weight excluding hydrogens is 330 g/mol. The quantitative estimate of drug-likeness (QED) is 0.696. The monoisotopic (exact) mass is 351 g/mol. The molecule has 134 valence electrons. The van der Waals surface area contributed by atoms with E-state index in [4.69, 9.17) is 9.26 Å². The minimum absolute atomic E-state index is 0.132. The molecule has 3 rings (SSSR count). The second-order valence-electron chi connectivity index (χ2n) is 5.80. The first-order valence-electron chi connectivity index (χ1n) is 8.57. The number of nitrogens with zero attached hydrogens (tertiary/aromatic N) is 2. The van der Waals surface area contributed by atoms with Gasteiger partial charge in [-0.3, -0.25) is 4.79 Å². The van der Waals surface area contributed by atoms with Crippen LogP contribution in [0.3, 0.4) is 0 Å². The second kappa shape index (κ2) is 8.29. The normalized spacial score (nSPS) is 10.5. The molecule has 0 unspecified atom stereocenters. The van der Waals surface area contributed by atoms with E-state index in [1.807, 2.05) is 62.4 Å². The minimum Gasteiger partial charge on any atom is -0.492 e. The molecule has 1 N–H and O–H groups in total. The summed E-state index contributed by atoms with van der Waals surface area (Å²) in [5.41, 5.74) is 2.66. The Labute approximate surface area is 152 Å². The van der Waals surface area contributed by atoms with Crippen molar-refractivity contribution in [3.05, 3.63) is 60.0 Å². The number of benzene rings is 2. The van der Waals surface area contributed by atoms with Gasteiger partial charge in [-0.25, -0.2) is 0 Å². The van der Waals surface area contributed by atoms with Crippen LogP contribution in [0.4, 0.5) is 5.69 Å². The maximum Gasteiger partial charge on any atom is 0.227 e. The molecule has 1 amide bonds. The molecule has 1 heterocycles. The van der Waals surface area contributed by atoms with Crippen LogP contribution in [0.5, 0.6) is 5.75 Å². The Morgan fingerprint density at radius 1 is 1.15 bits per heavy atom. The number of hydrogen-bond donors (Lipinski definition) is 1. The third-order valence-corrected chi connectivity index (χ3v) is 3.88. The first-order valence-corrected chi connectivity index (χ1v) is 8.57. The molecule has 0 aliphatic carbocycles. The number of carbonyl (C=O) groups excluding carboxylic acids is 1. The maximum atomic E-state index is 12.2. The molecule has 0 aliphatic rings. The standard InChI is InChI=1S/C20H21N3O3/c1-3-25-17-11-7-6-10-16(17)21-18(24)12-13-19-22-20(23-26-19)15-9-5-4-8-14(15)2/h4-11H,3,12-13H2,1-2H3,(H,21,24). The van der Waals surface area contributed by atoms with E-state index >= 15 is 0 Å². The van der Waals surface area contributed by atoms with E-state index < -0.39 is 0 Å². The summed E-state index contributed by atoms with van der Waals surface area (Å²) < 4.78 is 10.8. The van der Waals surface area contributed by atoms with Crippen molar-refractivity contribution in [2.24, 2.45) is 0 Å². The molecule has 6 nitrogen and oxygen atoms in total. The zero-order valence-corrected chi connectivity index (χ0v) is 14.9. The molecule has 3 aromatic rings. The van der Waals surface area contributed by atoms with E-state index in [1.54, 1.807) is 0 Å². The molecule has 0 aliphatic heterocycles.